The third kappa shape index (κ3) is 13.8. The second kappa shape index (κ2) is 15.4. The highest BCUT2D eigenvalue weighted by atomic mass is 31.2. The van der Waals surface area contributed by atoms with Crippen LogP contribution in [0.4, 0.5) is 9.59 Å². The standard InChI is InChI=1S/C17H33N3O11P/c1-6-8-25-16(22)27-10-12-29-32(24,19-15(18)20(4,5)31-14(3)21)30-13-11-28-17(23)26-9-7-2/h6-13H2,1-5H3,(H2,18,19,24)/q+1. The SMILES string of the molecule is CCCOC(=O)OCCOP(=O)(N=C(N)[N+](C)(C)OC(C)=O)OCCOC(=O)OCCC. The van der Waals surface area contributed by atoms with E-state index in [1.54, 1.807) is 0 Å². The van der Waals surface area contributed by atoms with E-state index >= 15 is 0 Å². The van der Waals surface area contributed by atoms with Crippen molar-refractivity contribution in [1.29, 1.82) is 0 Å². The molecule has 186 valence electrons. The molecule has 0 aromatic carbocycles. The van der Waals surface area contributed by atoms with E-state index < -0.39 is 36.6 Å². The van der Waals surface area contributed by atoms with Crippen LogP contribution < -0.4 is 5.73 Å². The van der Waals surface area contributed by atoms with Crippen molar-refractivity contribution in [3.05, 3.63) is 0 Å². The number of guanidine groups is 1. The van der Waals surface area contributed by atoms with Crippen molar-refractivity contribution in [1.82, 2.24) is 0 Å². The van der Waals surface area contributed by atoms with Crippen LogP contribution in [0.2, 0.25) is 0 Å². The molecule has 0 atom stereocenters. The molecule has 32 heavy (non-hydrogen) atoms. The van der Waals surface area contributed by atoms with Gasteiger partial charge in [0.25, 0.3) is 0 Å². The first-order valence-corrected chi connectivity index (χ1v) is 11.3. The Morgan fingerprint density at radius 2 is 1.22 bits per heavy atom. The zero-order chi connectivity index (χ0) is 24.6. The number of carbonyl (C=O) groups is 3. The molecule has 0 unspecified atom stereocenters. The number of nitrogens with two attached hydrogens (primary N) is 1. The number of ether oxygens (including phenoxy) is 4. The lowest BCUT2D eigenvalue weighted by Crippen LogP contribution is -2.51. The highest BCUT2D eigenvalue weighted by Gasteiger charge is 2.33. The van der Waals surface area contributed by atoms with Crippen molar-refractivity contribution in [2.75, 3.05) is 53.7 Å². The van der Waals surface area contributed by atoms with Gasteiger partial charge in [-0.05, 0) is 12.8 Å². The van der Waals surface area contributed by atoms with Gasteiger partial charge >= 0.3 is 32.0 Å². The average molecular weight is 486 g/mol. The molecule has 0 amide bonds. The van der Waals surface area contributed by atoms with Crippen LogP contribution in [0.15, 0.2) is 4.76 Å². The summed E-state index contributed by atoms with van der Waals surface area (Å²) in [5, 5.41) is 0. The Morgan fingerprint density at radius 1 is 0.812 bits per heavy atom. The third-order valence-corrected chi connectivity index (χ3v) is 4.56. The van der Waals surface area contributed by atoms with E-state index in [1.807, 2.05) is 13.8 Å². The fraction of sp³-hybridized carbons (Fsp3) is 0.765. The molecule has 0 bridgehead atoms. The van der Waals surface area contributed by atoms with E-state index in [2.05, 4.69) is 4.76 Å². The van der Waals surface area contributed by atoms with E-state index in [-0.39, 0.29) is 39.6 Å². The lowest BCUT2D eigenvalue weighted by Gasteiger charge is -2.24. The Labute approximate surface area is 187 Å². The van der Waals surface area contributed by atoms with Gasteiger partial charge in [-0.2, -0.15) is 0 Å². The van der Waals surface area contributed by atoms with E-state index in [9.17, 15) is 18.9 Å². The molecule has 0 aliphatic carbocycles. The summed E-state index contributed by atoms with van der Waals surface area (Å²) in [6, 6.07) is 0. The molecule has 0 fully saturated rings. The molecule has 0 aromatic rings. The van der Waals surface area contributed by atoms with E-state index in [0.29, 0.717) is 12.8 Å². The van der Waals surface area contributed by atoms with E-state index in [0.717, 1.165) is 6.92 Å². The molecular formula is C17H33N3O11P+. The van der Waals surface area contributed by atoms with Crippen molar-refractivity contribution < 1.29 is 56.4 Å². The summed E-state index contributed by atoms with van der Waals surface area (Å²) in [5.41, 5.74) is 5.80. The summed E-state index contributed by atoms with van der Waals surface area (Å²) in [4.78, 5) is 38.9. The van der Waals surface area contributed by atoms with Gasteiger partial charge in [0.15, 0.2) is 0 Å². The maximum absolute atomic E-state index is 13.0. The van der Waals surface area contributed by atoms with Gasteiger partial charge in [-0.3, -0.25) is 13.9 Å². The van der Waals surface area contributed by atoms with Crippen LogP contribution in [-0.2, 0) is 42.2 Å². The molecule has 0 aromatic heterocycles. The molecule has 0 saturated heterocycles. The highest BCUT2D eigenvalue weighted by molar-refractivity contribution is 7.52. The first-order chi connectivity index (χ1) is 15.0. The molecule has 0 rings (SSSR count). The monoisotopic (exact) mass is 486 g/mol. The maximum atomic E-state index is 13.0. The lowest BCUT2D eigenvalue weighted by atomic mass is 10.5. The van der Waals surface area contributed by atoms with Crippen LogP contribution in [-0.4, -0.2) is 82.6 Å². The zero-order valence-electron chi connectivity index (χ0n) is 19.1. The highest BCUT2D eigenvalue weighted by Crippen LogP contribution is 2.50. The molecule has 0 aliphatic rings. The Bertz CT molecular complexity index is 653. The van der Waals surface area contributed by atoms with Gasteiger partial charge in [0.2, 0.25) is 0 Å². The molecule has 0 heterocycles. The van der Waals surface area contributed by atoms with Crippen molar-refractivity contribution in [2.45, 2.75) is 33.6 Å². The number of hydrogen-bond donors (Lipinski definition) is 1. The summed E-state index contributed by atoms with van der Waals surface area (Å²) >= 11 is 0. The molecule has 0 spiro atoms. The number of carbonyl (C=O) groups excluding carboxylic acids is 3. The van der Waals surface area contributed by atoms with Crippen molar-refractivity contribution in [3.63, 3.8) is 0 Å². The van der Waals surface area contributed by atoms with Crippen molar-refractivity contribution in [3.8, 4) is 0 Å². The van der Waals surface area contributed by atoms with Gasteiger partial charge in [-0.15, -0.1) is 4.76 Å². The van der Waals surface area contributed by atoms with Crippen LogP contribution in [0.5, 0.6) is 0 Å². The van der Waals surface area contributed by atoms with Crippen LogP contribution in [0.1, 0.15) is 33.6 Å². The third-order valence-electron chi connectivity index (χ3n) is 3.10. The number of quaternary nitrogens is 1. The predicted octanol–water partition coefficient (Wildman–Crippen LogP) is 2.12. The second-order valence-corrected chi connectivity index (χ2v) is 8.07. The number of hydroxylamine groups is 3. The van der Waals surface area contributed by atoms with Crippen LogP contribution in [0.3, 0.4) is 0 Å². The first-order valence-electron chi connectivity index (χ1n) is 9.84. The summed E-state index contributed by atoms with van der Waals surface area (Å²) in [7, 11) is -1.56. The van der Waals surface area contributed by atoms with Gasteiger partial charge in [0, 0.05) is 6.92 Å². The normalized spacial score (nSPS) is 12.1. The number of hydrogen-bond acceptors (Lipinski definition) is 11. The average Bonchev–Trinajstić information content (AvgIpc) is 2.70. The molecule has 15 heteroatoms. The van der Waals surface area contributed by atoms with E-state index in [4.69, 9.17) is 38.6 Å². The van der Waals surface area contributed by atoms with Gasteiger partial charge < -0.3 is 24.7 Å². The minimum Gasteiger partial charge on any atom is -0.434 e. The fourth-order valence-electron chi connectivity index (χ4n) is 1.71. The molecule has 14 nitrogen and oxygen atoms in total. The van der Waals surface area contributed by atoms with Gasteiger partial charge in [0.1, 0.15) is 27.3 Å². The summed E-state index contributed by atoms with van der Waals surface area (Å²) in [5.74, 6) is -1.07. The van der Waals surface area contributed by atoms with Gasteiger partial charge in [-0.1, -0.05) is 18.5 Å². The Balaban J connectivity index is 5.02. The van der Waals surface area contributed by atoms with Gasteiger partial charge in [-0.25, -0.2) is 18.9 Å². The largest absolute Gasteiger partial charge is 0.508 e. The molecule has 2 N–H and O–H groups in total. The summed E-state index contributed by atoms with van der Waals surface area (Å²) in [6.07, 6.45) is -0.595. The van der Waals surface area contributed by atoms with Crippen molar-refractivity contribution >= 4 is 32.0 Å². The van der Waals surface area contributed by atoms with Crippen LogP contribution >= 0.6 is 7.75 Å². The van der Waals surface area contributed by atoms with Crippen LogP contribution in [0, 0.1) is 0 Å². The Morgan fingerprint density at radius 3 is 1.59 bits per heavy atom. The van der Waals surface area contributed by atoms with Crippen molar-refractivity contribution in [2.24, 2.45) is 10.5 Å². The number of rotatable bonds is 13. The predicted molar refractivity (Wildman–Crippen MR) is 110 cm³/mol. The Kier molecular flexibility index (Phi) is 14.2. The smallest absolute Gasteiger partial charge is 0.434 e. The lowest BCUT2D eigenvalue weighted by molar-refractivity contribution is -0.986. The first kappa shape index (κ1) is 29.6. The summed E-state index contributed by atoms with van der Waals surface area (Å²) in [6.45, 7) is 3.78. The minimum atomic E-state index is -4.29. The summed E-state index contributed by atoms with van der Waals surface area (Å²) < 4.78 is 45.3. The minimum absolute atomic E-state index is 0.186. The van der Waals surface area contributed by atoms with Crippen LogP contribution in [0.25, 0.3) is 0 Å². The molecule has 0 aliphatic heterocycles. The quantitative estimate of drug-likeness (QED) is 0.0765. The topological polar surface area (TPSA) is 171 Å². The van der Waals surface area contributed by atoms with Gasteiger partial charge in [0.05, 0.1) is 26.4 Å². The number of nitrogens with zero attached hydrogens (tertiary/aromatic N) is 2. The molecule has 0 radical (unpaired) electrons. The Hall–Kier alpha value is -2.41. The van der Waals surface area contributed by atoms with E-state index in [1.165, 1.54) is 14.1 Å². The fourth-order valence-corrected chi connectivity index (χ4v) is 2.97. The zero-order valence-corrected chi connectivity index (χ0v) is 20.0. The second-order valence-electron chi connectivity index (χ2n) is 6.42. The molecular weight excluding hydrogens is 453 g/mol. The molecule has 0 saturated carbocycles. The maximum Gasteiger partial charge on any atom is 0.508 e.